The molecule has 0 spiro atoms. The molecule has 0 saturated carbocycles. The molecule has 1 aromatic carbocycles. The van der Waals surface area contributed by atoms with Crippen LogP contribution in [0.15, 0.2) is 12.1 Å². The standard InChI is InChI=1S/C14H18N2OS/c1-9-6-10-2-4-16(13(10)7-12(9)15)14(17)11-3-5-18-8-11/h6-7,11H,2-5,8,15H2,1H3. The fraction of sp³-hybridized carbons (Fsp3) is 0.500. The maximum atomic E-state index is 12.5. The van der Waals surface area contributed by atoms with Crippen LogP contribution < -0.4 is 10.6 Å². The van der Waals surface area contributed by atoms with Crippen LogP contribution in [-0.2, 0) is 11.2 Å². The number of carbonyl (C=O) groups excluding carboxylic acids is 1. The molecular weight excluding hydrogens is 244 g/mol. The van der Waals surface area contributed by atoms with Gasteiger partial charge in [-0.3, -0.25) is 4.79 Å². The van der Waals surface area contributed by atoms with Gasteiger partial charge in [0.1, 0.15) is 0 Å². The quantitative estimate of drug-likeness (QED) is 0.789. The molecule has 1 saturated heterocycles. The highest BCUT2D eigenvalue weighted by molar-refractivity contribution is 7.99. The smallest absolute Gasteiger partial charge is 0.230 e. The van der Waals surface area contributed by atoms with Crippen LogP contribution in [0.1, 0.15) is 17.5 Å². The Kier molecular flexibility index (Phi) is 2.98. The minimum absolute atomic E-state index is 0.212. The molecule has 0 radical (unpaired) electrons. The normalized spacial score (nSPS) is 22.3. The second kappa shape index (κ2) is 4.50. The molecule has 3 rings (SSSR count). The summed E-state index contributed by atoms with van der Waals surface area (Å²) in [5, 5.41) is 0. The number of nitrogens with zero attached hydrogens (tertiary/aromatic N) is 1. The number of amides is 1. The molecule has 1 aromatic rings. The van der Waals surface area contributed by atoms with E-state index in [4.69, 9.17) is 5.73 Å². The molecule has 2 heterocycles. The summed E-state index contributed by atoms with van der Waals surface area (Å²) >= 11 is 1.88. The van der Waals surface area contributed by atoms with Gasteiger partial charge in [0.05, 0.1) is 0 Å². The predicted molar refractivity (Wildman–Crippen MR) is 77.1 cm³/mol. The first-order valence-electron chi connectivity index (χ1n) is 6.45. The van der Waals surface area contributed by atoms with Gasteiger partial charge in [0, 0.05) is 29.6 Å². The van der Waals surface area contributed by atoms with Crippen LogP contribution in [0, 0.1) is 12.8 Å². The van der Waals surface area contributed by atoms with Crippen LogP contribution in [0.5, 0.6) is 0 Å². The second-order valence-corrected chi connectivity index (χ2v) is 6.29. The molecule has 1 unspecified atom stereocenters. The van der Waals surface area contributed by atoms with E-state index >= 15 is 0 Å². The van der Waals surface area contributed by atoms with Gasteiger partial charge in [0.15, 0.2) is 0 Å². The second-order valence-electron chi connectivity index (χ2n) is 5.14. The Morgan fingerprint density at radius 1 is 1.50 bits per heavy atom. The molecule has 0 aliphatic carbocycles. The van der Waals surface area contributed by atoms with Gasteiger partial charge in [-0.05, 0) is 42.7 Å². The first-order chi connectivity index (χ1) is 8.66. The van der Waals surface area contributed by atoms with Gasteiger partial charge in [0.2, 0.25) is 5.91 Å². The largest absolute Gasteiger partial charge is 0.398 e. The van der Waals surface area contributed by atoms with Crippen molar-refractivity contribution in [3.8, 4) is 0 Å². The summed E-state index contributed by atoms with van der Waals surface area (Å²) in [5.41, 5.74) is 10.2. The number of nitrogens with two attached hydrogens (primary N) is 1. The molecule has 0 aromatic heterocycles. The number of hydrogen-bond donors (Lipinski definition) is 1. The Morgan fingerprint density at radius 2 is 2.33 bits per heavy atom. The maximum Gasteiger partial charge on any atom is 0.230 e. The Balaban J connectivity index is 1.89. The summed E-state index contributed by atoms with van der Waals surface area (Å²) in [5.74, 6) is 2.60. The van der Waals surface area contributed by atoms with E-state index in [1.54, 1.807) is 0 Å². The SMILES string of the molecule is Cc1cc2c(cc1N)N(C(=O)C1CCSC1)CC2. The number of hydrogen-bond acceptors (Lipinski definition) is 3. The summed E-state index contributed by atoms with van der Waals surface area (Å²) in [7, 11) is 0. The Labute approximate surface area is 112 Å². The minimum Gasteiger partial charge on any atom is -0.398 e. The molecule has 18 heavy (non-hydrogen) atoms. The van der Waals surface area contributed by atoms with Gasteiger partial charge in [-0.15, -0.1) is 0 Å². The molecule has 3 nitrogen and oxygen atoms in total. The molecule has 2 aliphatic rings. The van der Waals surface area contributed by atoms with Gasteiger partial charge in [-0.1, -0.05) is 6.07 Å². The summed E-state index contributed by atoms with van der Waals surface area (Å²) in [6, 6.07) is 4.10. The maximum absolute atomic E-state index is 12.5. The monoisotopic (exact) mass is 262 g/mol. The third-order valence-corrected chi connectivity index (χ3v) is 5.07. The van der Waals surface area contributed by atoms with Crippen LogP contribution in [-0.4, -0.2) is 24.0 Å². The highest BCUT2D eigenvalue weighted by atomic mass is 32.2. The van der Waals surface area contributed by atoms with Crippen molar-refractivity contribution < 1.29 is 4.79 Å². The van der Waals surface area contributed by atoms with Crippen molar-refractivity contribution >= 4 is 29.0 Å². The number of carbonyl (C=O) groups is 1. The van der Waals surface area contributed by atoms with E-state index in [1.165, 1.54) is 5.56 Å². The third-order valence-electron chi connectivity index (χ3n) is 3.91. The van der Waals surface area contributed by atoms with Gasteiger partial charge >= 0.3 is 0 Å². The summed E-state index contributed by atoms with van der Waals surface area (Å²) in [4.78, 5) is 14.4. The van der Waals surface area contributed by atoms with Crippen LogP contribution in [0.2, 0.25) is 0 Å². The van der Waals surface area contributed by atoms with E-state index in [-0.39, 0.29) is 5.92 Å². The minimum atomic E-state index is 0.212. The zero-order valence-corrected chi connectivity index (χ0v) is 11.4. The Morgan fingerprint density at radius 3 is 3.06 bits per heavy atom. The number of rotatable bonds is 1. The molecule has 4 heteroatoms. The van der Waals surface area contributed by atoms with E-state index in [0.717, 1.165) is 47.8 Å². The first-order valence-corrected chi connectivity index (χ1v) is 7.60. The third kappa shape index (κ3) is 1.88. The number of nitrogen functional groups attached to an aromatic ring is 1. The number of benzene rings is 1. The van der Waals surface area contributed by atoms with Crippen LogP contribution >= 0.6 is 11.8 Å². The molecule has 1 fully saturated rings. The van der Waals surface area contributed by atoms with Gasteiger partial charge in [0.25, 0.3) is 0 Å². The lowest BCUT2D eigenvalue weighted by molar-refractivity contribution is -0.121. The average molecular weight is 262 g/mol. The lowest BCUT2D eigenvalue weighted by Gasteiger charge is -2.21. The topological polar surface area (TPSA) is 46.3 Å². The van der Waals surface area contributed by atoms with Gasteiger partial charge < -0.3 is 10.6 Å². The van der Waals surface area contributed by atoms with Gasteiger partial charge in [-0.25, -0.2) is 0 Å². The summed E-state index contributed by atoms with van der Waals surface area (Å²) < 4.78 is 0. The highest BCUT2D eigenvalue weighted by Crippen LogP contribution is 2.35. The Hall–Kier alpha value is -1.16. The van der Waals surface area contributed by atoms with Crippen LogP contribution in [0.25, 0.3) is 0 Å². The first kappa shape index (κ1) is 11.9. The number of fused-ring (bicyclic) bond motifs is 1. The van der Waals surface area contributed by atoms with Crippen molar-refractivity contribution in [1.82, 2.24) is 0 Å². The van der Waals surface area contributed by atoms with Gasteiger partial charge in [-0.2, -0.15) is 11.8 Å². The number of thioether (sulfide) groups is 1. The van der Waals surface area contributed by atoms with Crippen molar-refractivity contribution in [1.29, 1.82) is 0 Å². The fourth-order valence-corrected chi connectivity index (χ4v) is 3.97. The zero-order valence-electron chi connectivity index (χ0n) is 10.6. The van der Waals surface area contributed by atoms with Crippen molar-refractivity contribution in [3.63, 3.8) is 0 Å². The summed E-state index contributed by atoms with van der Waals surface area (Å²) in [6.07, 6.45) is 1.98. The van der Waals surface area contributed by atoms with E-state index in [1.807, 2.05) is 29.7 Å². The number of aryl methyl sites for hydroxylation is 1. The molecule has 2 N–H and O–H groups in total. The van der Waals surface area contributed by atoms with Crippen molar-refractivity contribution in [2.24, 2.45) is 5.92 Å². The zero-order chi connectivity index (χ0) is 12.7. The molecule has 2 aliphatic heterocycles. The van der Waals surface area contributed by atoms with E-state index in [2.05, 4.69) is 6.07 Å². The molecular formula is C14H18N2OS. The molecule has 96 valence electrons. The molecule has 0 bridgehead atoms. The lowest BCUT2D eigenvalue weighted by atomic mass is 10.1. The highest BCUT2D eigenvalue weighted by Gasteiger charge is 2.32. The van der Waals surface area contributed by atoms with E-state index in [0.29, 0.717) is 5.91 Å². The molecule has 1 atom stereocenters. The summed E-state index contributed by atoms with van der Waals surface area (Å²) in [6.45, 7) is 2.84. The lowest BCUT2D eigenvalue weighted by Crippen LogP contribution is -2.34. The Bertz CT molecular complexity index is 495. The fourth-order valence-electron chi connectivity index (χ4n) is 2.76. The number of anilines is 2. The van der Waals surface area contributed by atoms with Crippen LogP contribution in [0.3, 0.4) is 0 Å². The van der Waals surface area contributed by atoms with Crippen molar-refractivity contribution in [2.45, 2.75) is 19.8 Å². The van der Waals surface area contributed by atoms with E-state index < -0.39 is 0 Å². The van der Waals surface area contributed by atoms with Crippen molar-refractivity contribution in [3.05, 3.63) is 23.3 Å². The van der Waals surface area contributed by atoms with E-state index in [9.17, 15) is 4.79 Å². The van der Waals surface area contributed by atoms with Crippen LogP contribution in [0.4, 0.5) is 11.4 Å². The average Bonchev–Trinajstić information content (AvgIpc) is 2.98. The van der Waals surface area contributed by atoms with Crippen molar-refractivity contribution in [2.75, 3.05) is 28.7 Å². The molecule has 1 amide bonds. The predicted octanol–water partition coefficient (Wildman–Crippen LogP) is 2.22.